The van der Waals surface area contributed by atoms with Gasteiger partial charge in [0, 0.05) is 23.0 Å². The summed E-state index contributed by atoms with van der Waals surface area (Å²) < 4.78 is 0.914. The molecule has 1 aromatic heterocycles. The van der Waals surface area contributed by atoms with E-state index in [0.29, 0.717) is 22.2 Å². The van der Waals surface area contributed by atoms with Crippen LogP contribution in [0.2, 0.25) is 0 Å². The lowest BCUT2D eigenvalue weighted by atomic mass is 9.84. The summed E-state index contributed by atoms with van der Waals surface area (Å²) in [5.41, 5.74) is 1.09. The van der Waals surface area contributed by atoms with Gasteiger partial charge in [-0.3, -0.25) is 4.79 Å². The smallest absolute Gasteiger partial charge is 0.323 e. The Balaban J connectivity index is 1.26. The number of nitroso groups, excluding NO2 is 1. The number of hydrogen-bond acceptors (Lipinski definition) is 6. The number of nitrogens with one attached hydrogen (secondary N) is 3. The van der Waals surface area contributed by atoms with Crippen molar-refractivity contribution < 1.29 is 9.59 Å². The van der Waals surface area contributed by atoms with E-state index in [4.69, 9.17) is 0 Å². The maximum Gasteiger partial charge on any atom is 0.323 e. The molecule has 3 N–H and O–H groups in total. The van der Waals surface area contributed by atoms with Crippen molar-refractivity contribution in [2.45, 2.75) is 18.9 Å². The lowest BCUT2D eigenvalue weighted by molar-refractivity contribution is 0.0622. The molecular weight excluding hydrogens is 426 g/mol. The molecule has 1 atom stereocenters. The number of nitrogens with zero attached hydrogens (tertiary/aromatic N) is 2. The lowest BCUT2D eigenvalue weighted by Crippen LogP contribution is -2.57. The molecule has 3 aliphatic rings. The highest BCUT2D eigenvalue weighted by Gasteiger charge is 2.35. The number of thiophene rings is 1. The van der Waals surface area contributed by atoms with Crippen LogP contribution in [0.3, 0.4) is 0 Å². The molecule has 0 saturated carbocycles. The summed E-state index contributed by atoms with van der Waals surface area (Å²) >= 11 is 1.41. The van der Waals surface area contributed by atoms with E-state index in [9.17, 15) is 14.5 Å². The number of urea groups is 1. The standard InChI is InChI=1S/C23H23N5O3S/c29-22(25-19-13-28-9-7-14(19)8-10-28)21-11-15-5-6-16(12-20(15)32-21)24-23(30)26-17-3-1-2-4-18(17)27-31/h1-6,11-12,14,19H,7-10,13H2,(H,25,29)(H2,24,26,30)/t19-/m0/s1. The highest BCUT2D eigenvalue weighted by molar-refractivity contribution is 7.20. The van der Waals surface area contributed by atoms with E-state index in [1.807, 2.05) is 18.2 Å². The second-order valence-electron chi connectivity index (χ2n) is 8.27. The molecule has 0 spiro atoms. The van der Waals surface area contributed by atoms with Crippen molar-refractivity contribution in [3.8, 4) is 0 Å². The minimum absolute atomic E-state index is 0.0322. The largest absolute Gasteiger partial charge is 0.347 e. The Morgan fingerprint density at radius 1 is 1.03 bits per heavy atom. The number of para-hydroxylation sites is 1. The van der Waals surface area contributed by atoms with Crippen LogP contribution in [0.4, 0.5) is 21.9 Å². The van der Waals surface area contributed by atoms with E-state index >= 15 is 0 Å². The van der Waals surface area contributed by atoms with Crippen LogP contribution in [-0.4, -0.2) is 42.5 Å². The Morgan fingerprint density at radius 3 is 2.59 bits per heavy atom. The molecule has 32 heavy (non-hydrogen) atoms. The van der Waals surface area contributed by atoms with Crippen LogP contribution in [0.15, 0.2) is 53.7 Å². The molecule has 0 unspecified atom stereocenters. The molecule has 9 heteroatoms. The number of benzene rings is 2. The number of carbonyl (C=O) groups is 2. The highest BCUT2D eigenvalue weighted by atomic mass is 32.1. The zero-order chi connectivity index (χ0) is 22.1. The molecule has 6 rings (SSSR count). The summed E-state index contributed by atoms with van der Waals surface area (Å²) in [4.78, 5) is 39.2. The fraction of sp³-hybridized carbons (Fsp3) is 0.304. The Bertz CT molecular complexity index is 1190. The van der Waals surface area contributed by atoms with Gasteiger partial charge in [-0.05, 0) is 72.7 Å². The molecule has 4 heterocycles. The van der Waals surface area contributed by atoms with Gasteiger partial charge >= 0.3 is 6.03 Å². The number of amides is 3. The maximum atomic E-state index is 12.9. The van der Waals surface area contributed by atoms with Crippen molar-refractivity contribution in [1.29, 1.82) is 0 Å². The molecule has 2 bridgehead atoms. The van der Waals surface area contributed by atoms with Crippen LogP contribution >= 0.6 is 11.3 Å². The van der Waals surface area contributed by atoms with Gasteiger partial charge in [0.25, 0.3) is 5.91 Å². The molecule has 3 aliphatic heterocycles. The van der Waals surface area contributed by atoms with E-state index in [2.05, 4.69) is 26.0 Å². The molecule has 3 fully saturated rings. The number of hydrogen-bond donors (Lipinski definition) is 3. The van der Waals surface area contributed by atoms with Gasteiger partial charge in [-0.25, -0.2) is 4.79 Å². The van der Waals surface area contributed by atoms with E-state index in [1.165, 1.54) is 17.4 Å². The third kappa shape index (κ3) is 4.21. The average Bonchev–Trinajstić information content (AvgIpc) is 3.24. The van der Waals surface area contributed by atoms with Gasteiger partial charge in [-0.2, -0.15) is 0 Å². The third-order valence-corrected chi connectivity index (χ3v) is 7.32. The minimum atomic E-state index is -0.475. The molecule has 2 aromatic carbocycles. The zero-order valence-corrected chi connectivity index (χ0v) is 18.2. The second kappa shape index (κ2) is 8.68. The Morgan fingerprint density at radius 2 is 1.84 bits per heavy atom. The van der Waals surface area contributed by atoms with Crippen LogP contribution < -0.4 is 16.0 Å². The molecule has 164 valence electrons. The summed E-state index contributed by atoms with van der Waals surface area (Å²) in [6, 6.07) is 13.7. The highest BCUT2D eigenvalue weighted by Crippen LogP contribution is 2.31. The van der Waals surface area contributed by atoms with Crippen LogP contribution in [0.25, 0.3) is 10.1 Å². The monoisotopic (exact) mass is 449 g/mol. The van der Waals surface area contributed by atoms with Crippen LogP contribution in [0.1, 0.15) is 22.5 Å². The van der Waals surface area contributed by atoms with Gasteiger partial charge in [0.15, 0.2) is 0 Å². The van der Waals surface area contributed by atoms with Crippen LogP contribution in [-0.2, 0) is 0 Å². The molecule has 3 aromatic rings. The minimum Gasteiger partial charge on any atom is -0.347 e. The van der Waals surface area contributed by atoms with Crippen molar-refractivity contribution in [3.63, 3.8) is 0 Å². The fourth-order valence-corrected chi connectivity index (χ4v) is 5.54. The first-order chi connectivity index (χ1) is 15.6. The summed E-state index contributed by atoms with van der Waals surface area (Å²) in [5, 5.41) is 12.5. The number of anilines is 2. The number of carbonyl (C=O) groups excluding carboxylic acids is 2. The molecule has 3 amide bonds. The topological polar surface area (TPSA) is 103 Å². The molecule has 0 aliphatic carbocycles. The van der Waals surface area contributed by atoms with Gasteiger partial charge in [-0.15, -0.1) is 16.2 Å². The van der Waals surface area contributed by atoms with Gasteiger partial charge in [0.2, 0.25) is 0 Å². The molecule has 3 saturated heterocycles. The third-order valence-electron chi connectivity index (χ3n) is 6.22. The summed E-state index contributed by atoms with van der Waals surface area (Å²) in [7, 11) is 0. The summed E-state index contributed by atoms with van der Waals surface area (Å²) in [6.45, 7) is 3.22. The van der Waals surface area contributed by atoms with Gasteiger partial charge in [0.1, 0.15) is 5.69 Å². The van der Waals surface area contributed by atoms with E-state index in [0.717, 1.165) is 42.6 Å². The van der Waals surface area contributed by atoms with Crippen molar-refractivity contribution in [3.05, 3.63) is 58.3 Å². The number of fused-ring (bicyclic) bond motifs is 4. The van der Waals surface area contributed by atoms with Crippen molar-refractivity contribution in [2.75, 3.05) is 30.3 Å². The average molecular weight is 450 g/mol. The van der Waals surface area contributed by atoms with Crippen LogP contribution in [0.5, 0.6) is 0 Å². The number of piperidine rings is 3. The van der Waals surface area contributed by atoms with Gasteiger partial charge < -0.3 is 20.9 Å². The first-order valence-electron chi connectivity index (χ1n) is 10.7. The van der Waals surface area contributed by atoms with Gasteiger partial charge in [-0.1, -0.05) is 18.2 Å². The Labute approximate surface area is 189 Å². The SMILES string of the molecule is O=Nc1ccccc1NC(=O)Nc1ccc2cc(C(=O)N[C@H]3CN4CCC3CC4)sc2c1. The van der Waals surface area contributed by atoms with Crippen molar-refractivity contribution in [2.24, 2.45) is 11.1 Å². The van der Waals surface area contributed by atoms with Crippen LogP contribution in [0, 0.1) is 10.8 Å². The summed E-state index contributed by atoms with van der Waals surface area (Å²) in [6.07, 6.45) is 2.31. The first-order valence-corrected chi connectivity index (χ1v) is 11.5. The quantitative estimate of drug-likeness (QED) is 0.488. The van der Waals surface area contributed by atoms with Gasteiger partial charge in [0.05, 0.1) is 10.6 Å². The lowest BCUT2D eigenvalue weighted by Gasteiger charge is -2.44. The fourth-order valence-electron chi connectivity index (χ4n) is 4.53. The van der Waals surface area contributed by atoms with E-state index in [1.54, 1.807) is 24.3 Å². The predicted molar refractivity (Wildman–Crippen MR) is 127 cm³/mol. The Hall–Kier alpha value is -3.30. The van der Waals surface area contributed by atoms with Crippen molar-refractivity contribution in [1.82, 2.24) is 10.2 Å². The summed E-state index contributed by atoms with van der Waals surface area (Å²) in [5.74, 6) is 0.544. The predicted octanol–water partition coefficient (Wildman–Crippen LogP) is 4.77. The normalized spacial score (nSPS) is 21.8. The van der Waals surface area contributed by atoms with Crippen molar-refractivity contribution >= 4 is 50.4 Å². The zero-order valence-electron chi connectivity index (χ0n) is 17.3. The van der Waals surface area contributed by atoms with E-state index in [-0.39, 0.29) is 17.6 Å². The number of rotatable bonds is 5. The maximum absolute atomic E-state index is 12.9. The van der Waals surface area contributed by atoms with E-state index < -0.39 is 6.03 Å². The first kappa shape index (κ1) is 20.6. The second-order valence-corrected chi connectivity index (χ2v) is 9.35. The molecular formula is C23H23N5O3S. The Kier molecular flexibility index (Phi) is 5.59. The molecule has 8 nitrogen and oxygen atoms in total. The molecule has 0 radical (unpaired) electrons.